The van der Waals surface area contributed by atoms with E-state index in [1.807, 2.05) is 0 Å². The number of hydrogen-bond acceptors (Lipinski definition) is 3. The van der Waals surface area contributed by atoms with Gasteiger partial charge in [-0.15, -0.1) is 0 Å². The van der Waals surface area contributed by atoms with Crippen LogP contribution in [0.15, 0.2) is 21.8 Å². The number of anilines is 1. The normalized spacial score (nSPS) is 13.6. The van der Waals surface area contributed by atoms with Gasteiger partial charge in [0.1, 0.15) is 5.82 Å². The smallest absolute Gasteiger partial charge is 0.161 e. The molecule has 1 atom stereocenters. The second-order valence-corrected chi connectivity index (χ2v) is 4.33. The van der Waals surface area contributed by atoms with Crippen molar-refractivity contribution >= 4 is 27.5 Å². The molecule has 1 aromatic carbocycles. The zero-order valence-corrected chi connectivity index (χ0v) is 10.5. The van der Waals surface area contributed by atoms with Crippen LogP contribution in [0, 0.1) is 12.7 Å². The molecule has 88 valence electrons. The SMILES string of the molecule is Cc1cc(F)c(Br)cc1NC(C)/C(N)=N/O. The van der Waals surface area contributed by atoms with E-state index < -0.39 is 0 Å². The average molecular weight is 290 g/mol. The number of rotatable bonds is 3. The molecule has 0 radical (unpaired) electrons. The maximum atomic E-state index is 13.2. The summed E-state index contributed by atoms with van der Waals surface area (Å²) in [6, 6.07) is 2.69. The zero-order chi connectivity index (χ0) is 12.3. The molecular formula is C10H13BrFN3O. The van der Waals surface area contributed by atoms with Gasteiger partial charge in [0.25, 0.3) is 0 Å². The van der Waals surface area contributed by atoms with Gasteiger partial charge in [-0.1, -0.05) is 5.16 Å². The van der Waals surface area contributed by atoms with E-state index >= 15 is 0 Å². The Morgan fingerprint density at radius 3 is 2.81 bits per heavy atom. The lowest BCUT2D eigenvalue weighted by Crippen LogP contribution is -2.33. The number of nitrogens with two attached hydrogens (primary N) is 1. The Kier molecular flexibility index (Phi) is 4.12. The van der Waals surface area contributed by atoms with E-state index in [2.05, 4.69) is 26.4 Å². The van der Waals surface area contributed by atoms with Gasteiger partial charge in [-0.05, 0) is 47.5 Å². The molecule has 0 aliphatic rings. The summed E-state index contributed by atoms with van der Waals surface area (Å²) in [5, 5.41) is 14.4. The second kappa shape index (κ2) is 5.16. The van der Waals surface area contributed by atoms with Gasteiger partial charge in [0, 0.05) is 5.69 Å². The summed E-state index contributed by atoms with van der Waals surface area (Å²) in [5.41, 5.74) is 6.91. The van der Waals surface area contributed by atoms with Crippen molar-refractivity contribution in [1.82, 2.24) is 0 Å². The highest BCUT2D eigenvalue weighted by atomic mass is 79.9. The minimum absolute atomic E-state index is 0.0693. The lowest BCUT2D eigenvalue weighted by atomic mass is 10.1. The number of benzene rings is 1. The Morgan fingerprint density at radius 1 is 1.62 bits per heavy atom. The zero-order valence-electron chi connectivity index (χ0n) is 8.96. The number of halogens is 2. The molecule has 0 fully saturated rings. The predicted octanol–water partition coefficient (Wildman–Crippen LogP) is 2.44. The van der Waals surface area contributed by atoms with Crippen molar-refractivity contribution in [2.75, 3.05) is 5.32 Å². The molecule has 0 saturated carbocycles. The van der Waals surface area contributed by atoms with Crippen molar-refractivity contribution in [3.8, 4) is 0 Å². The van der Waals surface area contributed by atoms with Gasteiger partial charge in [-0.2, -0.15) is 0 Å². The summed E-state index contributed by atoms with van der Waals surface area (Å²) < 4.78 is 13.5. The number of amidine groups is 1. The van der Waals surface area contributed by atoms with Crippen LogP contribution in [0.2, 0.25) is 0 Å². The predicted molar refractivity (Wildman–Crippen MR) is 65.3 cm³/mol. The summed E-state index contributed by atoms with van der Waals surface area (Å²) in [6.07, 6.45) is 0. The standard InChI is InChI=1S/C10H13BrFN3O/c1-5-3-8(12)7(11)4-9(5)14-6(2)10(13)15-16/h3-4,6,14,16H,1-2H3,(H2,13,15). The van der Waals surface area contributed by atoms with Crippen molar-refractivity contribution in [2.45, 2.75) is 19.9 Å². The fourth-order valence-corrected chi connectivity index (χ4v) is 1.54. The fourth-order valence-electron chi connectivity index (χ4n) is 1.20. The van der Waals surface area contributed by atoms with Gasteiger partial charge in [0.15, 0.2) is 5.84 Å². The molecule has 0 aliphatic heterocycles. The quantitative estimate of drug-likeness (QED) is 0.346. The Morgan fingerprint density at radius 2 is 2.25 bits per heavy atom. The van der Waals surface area contributed by atoms with Gasteiger partial charge in [0.2, 0.25) is 0 Å². The highest BCUT2D eigenvalue weighted by Gasteiger charge is 2.10. The fraction of sp³-hybridized carbons (Fsp3) is 0.300. The van der Waals surface area contributed by atoms with Gasteiger partial charge in [0.05, 0.1) is 10.5 Å². The van der Waals surface area contributed by atoms with Gasteiger partial charge >= 0.3 is 0 Å². The molecule has 0 heterocycles. The molecule has 0 saturated heterocycles. The van der Waals surface area contributed by atoms with E-state index in [0.29, 0.717) is 4.47 Å². The number of hydrogen-bond donors (Lipinski definition) is 3. The molecule has 0 spiro atoms. The summed E-state index contributed by atoms with van der Waals surface area (Å²) >= 11 is 3.10. The van der Waals surface area contributed by atoms with Crippen LogP contribution in [0.1, 0.15) is 12.5 Å². The minimum atomic E-state index is -0.332. The lowest BCUT2D eigenvalue weighted by Gasteiger charge is -2.16. The number of oxime groups is 1. The molecule has 1 rings (SSSR count). The van der Waals surface area contributed by atoms with Crippen LogP contribution in [0.3, 0.4) is 0 Å². The molecule has 0 amide bonds. The third-order valence-corrected chi connectivity index (χ3v) is 2.81. The highest BCUT2D eigenvalue weighted by molar-refractivity contribution is 9.10. The summed E-state index contributed by atoms with van der Waals surface area (Å²) in [7, 11) is 0. The maximum Gasteiger partial charge on any atom is 0.161 e. The van der Waals surface area contributed by atoms with Crippen LogP contribution in [0.4, 0.5) is 10.1 Å². The van der Waals surface area contributed by atoms with Crippen molar-refractivity contribution in [2.24, 2.45) is 10.9 Å². The molecule has 4 N–H and O–H groups in total. The summed E-state index contributed by atoms with van der Waals surface area (Å²) in [5.74, 6) is -0.251. The number of nitrogens with zero attached hydrogens (tertiary/aromatic N) is 1. The van der Waals surface area contributed by atoms with Gasteiger partial charge < -0.3 is 16.3 Å². The minimum Gasteiger partial charge on any atom is -0.409 e. The Hall–Kier alpha value is -1.30. The summed E-state index contributed by atoms with van der Waals surface area (Å²) in [4.78, 5) is 0. The van der Waals surface area contributed by atoms with Gasteiger partial charge in [-0.3, -0.25) is 0 Å². The molecule has 6 heteroatoms. The van der Waals surface area contributed by atoms with Crippen LogP contribution < -0.4 is 11.1 Å². The Bertz CT molecular complexity index is 423. The summed E-state index contributed by atoms with van der Waals surface area (Å²) in [6.45, 7) is 3.52. The largest absolute Gasteiger partial charge is 0.409 e. The Labute approximate surface area is 101 Å². The molecule has 1 unspecified atom stereocenters. The van der Waals surface area contributed by atoms with Crippen molar-refractivity contribution in [1.29, 1.82) is 0 Å². The van der Waals surface area contributed by atoms with E-state index in [-0.39, 0.29) is 17.7 Å². The van der Waals surface area contributed by atoms with E-state index in [0.717, 1.165) is 11.3 Å². The third kappa shape index (κ3) is 2.85. The van der Waals surface area contributed by atoms with E-state index in [4.69, 9.17) is 10.9 Å². The van der Waals surface area contributed by atoms with Crippen molar-refractivity contribution in [3.63, 3.8) is 0 Å². The number of aryl methyl sites for hydroxylation is 1. The lowest BCUT2D eigenvalue weighted by molar-refractivity contribution is 0.316. The number of nitrogens with one attached hydrogen (secondary N) is 1. The van der Waals surface area contributed by atoms with Crippen LogP contribution in [0.5, 0.6) is 0 Å². The molecule has 0 aliphatic carbocycles. The van der Waals surface area contributed by atoms with Crippen molar-refractivity contribution < 1.29 is 9.60 Å². The monoisotopic (exact) mass is 289 g/mol. The average Bonchev–Trinajstić information content (AvgIpc) is 2.24. The first kappa shape index (κ1) is 12.8. The van der Waals surface area contributed by atoms with E-state index in [1.165, 1.54) is 6.07 Å². The van der Waals surface area contributed by atoms with Crippen LogP contribution in [-0.2, 0) is 0 Å². The topological polar surface area (TPSA) is 70.6 Å². The first-order chi connectivity index (χ1) is 7.45. The molecular weight excluding hydrogens is 277 g/mol. The van der Waals surface area contributed by atoms with Gasteiger partial charge in [-0.25, -0.2) is 4.39 Å². The first-order valence-corrected chi connectivity index (χ1v) is 5.44. The maximum absolute atomic E-state index is 13.2. The first-order valence-electron chi connectivity index (χ1n) is 4.65. The third-order valence-electron chi connectivity index (χ3n) is 2.20. The van der Waals surface area contributed by atoms with E-state index in [1.54, 1.807) is 19.9 Å². The Balaban J connectivity index is 2.94. The van der Waals surface area contributed by atoms with Crippen molar-refractivity contribution in [3.05, 3.63) is 28.0 Å². The second-order valence-electron chi connectivity index (χ2n) is 3.47. The van der Waals surface area contributed by atoms with Crippen LogP contribution >= 0.6 is 15.9 Å². The highest BCUT2D eigenvalue weighted by Crippen LogP contribution is 2.24. The van der Waals surface area contributed by atoms with Crippen LogP contribution in [-0.4, -0.2) is 17.1 Å². The van der Waals surface area contributed by atoms with Crippen LogP contribution in [0.25, 0.3) is 0 Å². The molecule has 0 aromatic heterocycles. The van der Waals surface area contributed by atoms with E-state index in [9.17, 15) is 4.39 Å². The molecule has 4 nitrogen and oxygen atoms in total. The molecule has 1 aromatic rings. The molecule has 0 bridgehead atoms. The molecule has 16 heavy (non-hydrogen) atoms.